The van der Waals surface area contributed by atoms with E-state index in [1.807, 2.05) is 30.3 Å². The summed E-state index contributed by atoms with van der Waals surface area (Å²) in [6.07, 6.45) is 0.264. The second-order valence-corrected chi connectivity index (χ2v) is 6.00. The molecule has 0 amide bonds. The number of esters is 2. The summed E-state index contributed by atoms with van der Waals surface area (Å²) >= 11 is 6.36. The first-order valence-corrected chi connectivity index (χ1v) is 7.44. The van der Waals surface area contributed by atoms with Crippen molar-refractivity contribution in [2.24, 2.45) is 0 Å². The zero-order chi connectivity index (χ0) is 14.3. The van der Waals surface area contributed by atoms with E-state index in [0.29, 0.717) is 0 Å². The van der Waals surface area contributed by atoms with E-state index in [9.17, 15) is 9.59 Å². The molecule has 2 atom stereocenters. The Morgan fingerprint density at radius 3 is 2.26 bits per heavy atom. The summed E-state index contributed by atoms with van der Waals surface area (Å²) < 4.78 is 9.71. The maximum absolute atomic E-state index is 11.7. The molecular weight excluding hydrogens is 380 g/mol. The van der Waals surface area contributed by atoms with Gasteiger partial charge in [-0.25, -0.2) is 0 Å². The molecule has 1 rings (SSSR count). The van der Waals surface area contributed by atoms with Crippen molar-refractivity contribution in [3.05, 3.63) is 35.9 Å². The van der Waals surface area contributed by atoms with E-state index in [2.05, 4.69) is 36.6 Å². The van der Waals surface area contributed by atoms with Crippen LogP contribution in [0.15, 0.2) is 30.3 Å². The zero-order valence-corrected chi connectivity index (χ0v) is 13.5. The van der Waals surface area contributed by atoms with Crippen molar-refractivity contribution in [3.8, 4) is 0 Å². The molecule has 4 nitrogen and oxygen atoms in total. The summed E-state index contributed by atoms with van der Waals surface area (Å²) in [7, 11) is 1.30. The van der Waals surface area contributed by atoms with Gasteiger partial charge in [-0.05, 0) is 12.0 Å². The highest BCUT2D eigenvalue weighted by Gasteiger charge is 2.25. The maximum Gasteiger partial charge on any atom is 0.320 e. The Morgan fingerprint density at radius 1 is 1.11 bits per heavy atom. The highest BCUT2D eigenvalue weighted by atomic mass is 79.9. The normalized spacial score (nSPS) is 13.4. The van der Waals surface area contributed by atoms with E-state index in [4.69, 9.17) is 4.74 Å². The molecule has 0 aliphatic heterocycles. The number of benzene rings is 1. The molecule has 0 radical (unpaired) electrons. The Hall–Kier alpha value is -0.880. The molecular formula is C13H14Br2O4. The number of hydrogen-bond donors (Lipinski definition) is 0. The van der Waals surface area contributed by atoms with E-state index in [1.54, 1.807) is 0 Å². The zero-order valence-electron chi connectivity index (χ0n) is 10.3. The van der Waals surface area contributed by atoms with Gasteiger partial charge >= 0.3 is 11.9 Å². The molecule has 19 heavy (non-hydrogen) atoms. The molecule has 0 heterocycles. The molecule has 0 aliphatic rings. The summed E-state index contributed by atoms with van der Waals surface area (Å²) in [6, 6.07) is 9.39. The molecule has 0 bridgehead atoms. The van der Waals surface area contributed by atoms with Crippen LogP contribution in [0.25, 0.3) is 0 Å². The predicted molar refractivity (Wildman–Crippen MR) is 78.3 cm³/mol. The lowest BCUT2D eigenvalue weighted by molar-refractivity contribution is -0.144. The minimum Gasteiger partial charge on any atom is -0.468 e. The Morgan fingerprint density at radius 2 is 1.68 bits per heavy atom. The molecule has 1 aromatic rings. The van der Waals surface area contributed by atoms with Crippen LogP contribution >= 0.6 is 31.9 Å². The van der Waals surface area contributed by atoms with Gasteiger partial charge in [0.2, 0.25) is 0 Å². The number of alkyl halides is 2. The van der Waals surface area contributed by atoms with Crippen molar-refractivity contribution >= 4 is 43.8 Å². The highest BCUT2D eigenvalue weighted by Crippen LogP contribution is 2.17. The second kappa shape index (κ2) is 8.32. The van der Waals surface area contributed by atoms with Crippen LogP contribution in [0.3, 0.4) is 0 Å². The lowest BCUT2D eigenvalue weighted by Gasteiger charge is -2.12. The van der Waals surface area contributed by atoms with Crippen molar-refractivity contribution in [3.63, 3.8) is 0 Å². The fraction of sp³-hybridized carbons (Fsp3) is 0.385. The highest BCUT2D eigenvalue weighted by molar-refractivity contribution is 9.10. The van der Waals surface area contributed by atoms with Crippen molar-refractivity contribution in [2.45, 2.75) is 22.7 Å². The van der Waals surface area contributed by atoms with Gasteiger partial charge in [0.05, 0.1) is 7.11 Å². The Kier molecular flexibility index (Phi) is 7.09. The first-order valence-electron chi connectivity index (χ1n) is 5.61. The molecule has 0 saturated heterocycles. The van der Waals surface area contributed by atoms with Crippen LogP contribution in [0.1, 0.15) is 12.0 Å². The molecule has 0 aliphatic carbocycles. The summed E-state index contributed by atoms with van der Waals surface area (Å²) in [5.74, 6) is -0.822. The average molecular weight is 394 g/mol. The van der Waals surface area contributed by atoms with E-state index < -0.39 is 21.6 Å². The molecule has 0 fully saturated rings. The van der Waals surface area contributed by atoms with Gasteiger partial charge in [0.1, 0.15) is 16.3 Å². The van der Waals surface area contributed by atoms with Crippen LogP contribution in [0, 0.1) is 0 Å². The van der Waals surface area contributed by atoms with Gasteiger partial charge in [0.15, 0.2) is 0 Å². The van der Waals surface area contributed by atoms with Crippen LogP contribution < -0.4 is 0 Å². The Labute approximate surface area is 128 Å². The van der Waals surface area contributed by atoms with Gasteiger partial charge < -0.3 is 9.47 Å². The summed E-state index contributed by atoms with van der Waals surface area (Å²) in [6.45, 7) is 0.215. The molecule has 0 N–H and O–H groups in total. The van der Waals surface area contributed by atoms with Crippen LogP contribution in [0.4, 0.5) is 0 Å². The van der Waals surface area contributed by atoms with E-state index in [1.165, 1.54) is 7.11 Å². The second-order valence-electron chi connectivity index (χ2n) is 3.79. The van der Waals surface area contributed by atoms with E-state index >= 15 is 0 Å². The van der Waals surface area contributed by atoms with Gasteiger partial charge in [0, 0.05) is 0 Å². The smallest absolute Gasteiger partial charge is 0.320 e. The molecule has 0 unspecified atom stereocenters. The van der Waals surface area contributed by atoms with E-state index in [-0.39, 0.29) is 13.0 Å². The number of carbonyl (C=O) groups is 2. The molecule has 0 aromatic heterocycles. The molecule has 0 saturated carbocycles. The topological polar surface area (TPSA) is 52.6 Å². The van der Waals surface area contributed by atoms with Crippen molar-refractivity contribution in [1.82, 2.24) is 0 Å². The van der Waals surface area contributed by atoms with Gasteiger partial charge in [-0.2, -0.15) is 0 Å². The Bertz CT molecular complexity index is 422. The van der Waals surface area contributed by atoms with Crippen LogP contribution in [0.2, 0.25) is 0 Å². The van der Waals surface area contributed by atoms with Gasteiger partial charge in [-0.15, -0.1) is 0 Å². The fourth-order valence-electron chi connectivity index (χ4n) is 1.32. The third-order valence-electron chi connectivity index (χ3n) is 2.35. The summed E-state index contributed by atoms with van der Waals surface area (Å²) in [4.78, 5) is 21.8. The third kappa shape index (κ3) is 5.74. The van der Waals surface area contributed by atoms with Gasteiger partial charge in [0.25, 0.3) is 0 Å². The van der Waals surface area contributed by atoms with Crippen LogP contribution in [-0.4, -0.2) is 28.7 Å². The summed E-state index contributed by atoms with van der Waals surface area (Å²) in [5, 5.41) is 0. The van der Waals surface area contributed by atoms with E-state index in [0.717, 1.165) is 5.56 Å². The lowest BCUT2D eigenvalue weighted by atomic mass is 10.2. The van der Waals surface area contributed by atoms with Crippen LogP contribution in [-0.2, 0) is 25.7 Å². The average Bonchev–Trinajstić information content (AvgIpc) is 2.44. The first-order chi connectivity index (χ1) is 9.04. The molecule has 104 valence electrons. The number of rotatable bonds is 6. The summed E-state index contributed by atoms with van der Waals surface area (Å²) in [5.41, 5.74) is 0.916. The standard InChI is InChI=1S/C13H14Br2O4/c1-18-12(16)10(14)7-11(15)13(17)19-8-9-5-3-2-4-6-9/h2-6,10-11H,7-8H2,1H3/t10-,11-/m1/s1. The lowest BCUT2D eigenvalue weighted by Crippen LogP contribution is -2.25. The molecule has 0 spiro atoms. The number of carbonyl (C=O) groups excluding carboxylic acids is 2. The maximum atomic E-state index is 11.7. The van der Waals surface area contributed by atoms with Gasteiger partial charge in [-0.1, -0.05) is 62.2 Å². The monoisotopic (exact) mass is 392 g/mol. The minimum absolute atomic E-state index is 0.215. The van der Waals surface area contributed by atoms with Crippen molar-refractivity contribution < 1.29 is 19.1 Å². The van der Waals surface area contributed by atoms with Gasteiger partial charge in [-0.3, -0.25) is 9.59 Å². The minimum atomic E-state index is -0.556. The quantitative estimate of drug-likeness (QED) is 0.550. The third-order valence-corrected chi connectivity index (χ3v) is 3.85. The number of hydrogen-bond acceptors (Lipinski definition) is 4. The molecule has 1 aromatic carbocycles. The van der Waals surface area contributed by atoms with Crippen molar-refractivity contribution in [1.29, 1.82) is 0 Å². The first kappa shape index (κ1) is 16.2. The number of methoxy groups -OCH3 is 1. The SMILES string of the molecule is COC(=O)[C@H](Br)C[C@@H](Br)C(=O)OCc1ccccc1. The van der Waals surface area contributed by atoms with Crippen LogP contribution in [0.5, 0.6) is 0 Å². The molecule has 6 heteroatoms. The largest absolute Gasteiger partial charge is 0.468 e. The Balaban J connectivity index is 2.39. The fourth-order valence-corrected chi connectivity index (χ4v) is 2.89. The predicted octanol–water partition coefficient (Wildman–Crippen LogP) is 2.82. The number of halogens is 2. The number of ether oxygens (including phenoxy) is 2. The van der Waals surface area contributed by atoms with Crippen molar-refractivity contribution in [2.75, 3.05) is 7.11 Å².